The lowest BCUT2D eigenvalue weighted by molar-refractivity contribution is -0.384. The second kappa shape index (κ2) is 5.53. The molecule has 0 radical (unpaired) electrons. The molecule has 0 spiro atoms. The first kappa shape index (κ1) is 14.4. The summed E-state index contributed by atoms with van der Waals surface area (Å²) in [5.74, 6) is -2.63. The van der Waals surface area contributed by atoms with Crippen molar-refractivity contribution in [1.29, 1.82) is 0 Å². The van der Waals surface area contributed by atoms with Crippen molar-refractivity contribution in [1.82, 2.24) is 4.98 Å². The lowest BCUT2D eigenvalue weighted by Crippen LogP contribution is -2.05. The maximum Gasteiger partial charge on any atom is 0.338 e. The van der Waals surface area contributed by atoms with Crippen LogP contribution in [0.2, 0.25) is 0 Å². The quantitative estimate of drug-likeness (QED) is 0.662. The molecule has 0 fully saturated rings. The molecule has 0 saturated heterocycles. The number of benzene rings is 1. The van der Waals surface area contributed by atoms with Crippen LogP contribution in [-0.4, -0.2) is 21.0 Å². The number of nitro groups is 1. The van der Waals surface area contributed by atoms with Crippen molar-refractivity contribution in [3.05, 3.63) is 57.7 Å². The molecule has 7 nitrogen and oxygen atoms in total. The number of hydrogen-bond acceptors (Lipinski definition) is 5. The first-order chi connectivity index (χ1) is 9.88. The normalized spacial score (nSPS) is 10.2. The predicted octanol–water partition coefficient (Wildman–Crippen LogP) is 2.88. The van der Waals surface area contributed by atoms with E-state index in [0.29, 0.717) is 11.8 Å². The Kier molecular flexibility index (Phi) is 3.79. The molecule has 0 bridgehead atoms. The van der Waals surface area contributed by atoms with Gasteiger partial charge in [0.1, 0.15) is 17.1 Å². The van der Waals surface area contributed by atoms with Gasteiger partial charge < -0.3 is 10.4 Å². The molecule has 1 aromatic heterocycles. The Balaban J connectivity index is 2.47. The Morgan fingerprint density at radius 1 is 1.43 bits per heavy atom. The van der Waals surface area contributed by atoms with Crippen molar-refractivity contribution in [2.75, 3.05) is 5.32 Å². The fourth-order valence-electron chi connectivity index (χ4n) is 1.67. The minimum atomic E-state index is -1.57. The average Bonchev–Trinajstić information content (AvgIpc) is 2.40. The van der Waals surface area contributed by atoms with E-state index < -0.39 is 28.0 Å². The number of nitro benzene ring substituents is 1. The van der Waals surface area contributed by atoms with Crippen LogP contribution in [0.3, 0.4) is 0 Å². The summed E-state index contributed by atoms with van der Waals surface area (Å²) in [6.07, 6.45) is 1.43. The van der Waals surface area contributed by atoms with Crippen molar-refractivity contribution >= 4 is 23.0 Å². The van der Waals surface area contributed by atoms with Crippen LogP contribution in [0.5, 0.6) is 0 Å². The first-order valence-electron chi connectivity index (χ1n) is 5.79. The number of hydrogen-bond donors (Lipinski definition) is 2. The summed E-state index contributed by atoms with van der Waals surface area (Å²) < 4.78 is 13.7. The number of aryl methyl sites for hydroxylation is 1. The Labute approximate surface area is 118 Å². The number of nitrogens with zero attached hydrogens (tertiary/aromatic N) is 2. The van der Waals surface area contributed by atoms with Gasteiger partial charge in [-0.1, -0.05) is 0 Å². The monoisotopic (exact) mass is 291 g/mol. The summed E-state index contributed by atoms with van der Waals surface area (Å²) >= 11 is 0. The summed E-state index contributed by atoms with van der Waals surface area (Å²) in [7, 11) is 0. The standard InChI is InChI=1S/C13H10FN3O4/c1-7-2-3-8(6-15-7)16-11-5-10(14)9(13(18)19)4-12(11)17(20)21/h2-6,16H,1H3,(H,18,19). The highest BCUT2D eigenvalue weighted by molar-refractivity contribution is 5.90. The van der Waals surface area contributed by atoms with Crippen LogP contribution in [0.15, 0.2) is 30.5 Å². The number of pyridine rings is 1. The van der Waals surface area contributed by atoms with Gasteiger partial charge in [-0.15, -0.1) is 0 Å². The van der Waals surface area contributed by atoms with Gasteiger partial charge in [0, 0.05) is 17.8 Å². The van der Waals surface area contributed by atoms with Crippen LogP contribution in [0.1, 0.15) is 16.1 Å². The highest BCUT2D eigenvalue weighted by Gasteiger charge is 2.22. The predicted molar refractivity (Wildman–Crippen MR) is 72.3 cm³/mol. The minimum absolute atomic E-state index is 0.145. The number of aromatic nitrogens is 1. The molecular weight excluding hydrogens is 281 g/mol. The highest BCUT2D eigenvalue weighted by atomic mass is 19.1. The lowest BCUT2D eigenvalue weighted by atomic mass is 10.1. The molecule has 2 rings (SSSR count). The number of halogens is 1. The number of aromatic carboxylic acids is 1. The molecule has 0 saturated carbocycles. The zero-order chi connectivity index (χ0) is 15.6. The second-order valence-electron chi connectivity index (χ2n) is 4.22. The summed E-state index contributed by atoms with van der Waals surface area (Å²) in [5, 5.41) is 22.4. The van der Waals surface area contributed by atoms with Crippen molar-refractivity contribution < 1.29 is 19.2 Å². The van der Waals surface area contributed by atoms with E-state index in [0.717, 1.165) is 11.8 Å². The van der Waals surface area contributed by atoms with Gasteiger partial charge in [-0.05, 0) is 19.1 Å². The molecule has 0 unspecified atom stereocenters. The van der Waals surface area contributed by atoms with E-state index in [-0.39, 0.29) is 5.69 Å². The molecule has 0 amide bonds. The summed E-state index contributed by atoms with van der Waals surface area (Å²) in [6.45, 7) is 1.77. The number of anilines is 2. The Morgan fingerprint density at radius 2 is 2.14 bits per heavy atom. The van der Waals surface area contributed by atoms with E-state index >= 15 is 0 Å². The van der Waals surface area contributed by atoms with Crippen LogP contribution >= 0.6 is 0 Å². The lowest BCUT2D eigenvalue weighted by Gasteiger charge is -2.08. The van der Waals surface area contributed by atoms with E-state index in [4.69, 9.17) is 5.11 Å². The molecule has 1 aromatic carbocycles. The van der Waals surface area contributed by atoms with Crippen molar-refractivity contribution in [3.8, 4) is 0 Å². The molecule has 0 aliphatic carbocycles. The highest BCUT2D eigenvalue weighted by Crippen LogP contribution is 2.30. The summed E-state index contributed by atoms with van der Waals surface area (Å²) in [5.41, 5.74) is -0.259. The molecule has 2 aromatic rings. The van der Waals surface area contributed by atoms with Crippen LogP contribution in [0.4, 0.5) is 21.5 Å². The third-order valence-electron chi connectivity index (χ3n) is 2.70. The van der Waals surface area contributed by atoms with E-state index in [1.807, 2.05) is 0 Å². The van der Waals surface area contributed by atoms with Gasteiger partial charge in [0.2, 0.25) is 0 Å². The molecule has 108 valence electrons. The van der Waals surface area contributed by atoms with Crippen molar-refractivity contribution in [3.63, 3.8) is 0 Å². The molecular formula is C13H10FN3O4. The molecule has 0 aliphatic rings. The van der Waals surface area contributed by atoms with Crippen molar-refractivity contribution in [2.24, 2.45) is 0 Å². The third kappa shape index (κ3) is 3.11. The van der Waals surface area contributed by atoms with E-state index in [1.165, 1.54) is 6.20 Å². The molecule has 0 aliphatic heterocycles. The van der Waals surface area contributed by atoms with Crippen LogP contribution < -0.4 is 5.32 Å². The topological polar surface area (TPSA) is 105 Å². The Bertz CT molecular complexity index is 716. The fraction of sp³-hybridized carbons (Fsp3) is 0.0769. The fourth-order valence-corrected chi connectivity index (χ4v) is 1.67. The van der Waals surface area contributed by atoms with Crippen LogP contribution in [0, 0.1) is 22.9 Å². The molecule has 8 heteroatoms. The third-order valence-corrected chi connectivity index (χ3v) is 2.70. The Morgan fingerprint density at radius 3 is 2.67 bits per heavy atom. The molecule has 0 atom stereocenters. The van der Waals surface area contributed by atoms with Gasteiger partial charge in [-0.3, -0.25) is 15.1 Å². The second-order valence-corrected chi connectivity index (χ2v) is 4.22. The van der Waals surface area contributed by atoms with Gasteiger partial charge in [0.05, 0.1) is 16.8 Å². The number of carboxylic acids is 1. The largest absolute Gasteiger partial charge is 0.478 e. The van der Waals surface area contributed by atoms with Gasteiger partial charge >= 0.3 is 5.97 Å². The van der Waals surface area contributed by atoms with Gasteiger partial charge in [-0.2, -0.15) is 0 Å². The zero-order valence-electron chi connectivity index (χ0n) is 10.8. The number of nitrogens with one attached hydrogen (secondary N) is 1. The summed E-state index contributed by atoms with van der Waals surface area (Å²) in [4.78, 5) is 25.0. The maximum atomic E-state index is 13.7. The first-order valence-corrected chi connectivity index (χ1v) is 5.79. The van der Waals surface area contributed by atoms with Crippen LogP contribution in [0.25, 0.3) is 0 Å². The molecule has 2 N–H and O–H groups in total. The zero-order valence-corrected chi connectivity index (χ0v) is 10.8. The van der Waals surface area contributed by atoms with E-state index in [2.05, 4.69) is 10.3 Å². The molecule has 21 heavy (non-hydrogen) atoms. The van der Waals surface area contributed by atoms with Gasteiger partial charge in [0.15, 0.2) is 0 Å². The minimum Gasteiger partial charge on any atom is -0.478 e. The SMILES string of the molecule is Cc1ccc(Nc2cc(F)c(C(=O)O)cc2[N+](=O)[O-])cn1. The molecule has 1 heterocycles. The van der Waals surface area contributed by atoms with E-state index in [1.54, 1.807) is 19.1 Å². The Hall–Kier alpha value is -3.03. The summed E-state index contributed by atoms with van der Waals surface area (Å²) in [6, 6.07) is 4.76. The van der Waals surface area contributed by atoms with Gasteiger partial charge in [0.25, 0.3) is 5.69 Å². The smallest absolute Gasteiger partial charge is 0.338 e. The number of carboxylic acid groups (broad SMARTS) is 1. The van der Waals surface area contributed by atoms with Crippen LogP contribution in [-0.2, 0) is 0 Å². The van der Waals surface area contributed by atoms with Crippen molar-refractivity contribution in [2.45, 2.75) is 6.92 Å². The maximum absolute atomic E-state index is 13.7. The number of rotatable bonds is 4. The van der Waals surface area contributed by atoms with E-state index in [9.17, 15) is 19.3 Å². The number of carbonyl (C=O) groups is 1. The average molecular weight is 291 g/mol. The van der Waals surface area contributed by atoms with Gasteiger partial charge in [-0.25, -0.2) is 9.18 Å².